The zero-order valence-electron chi connectivity index (χ0n) is 5.81. The Bertz CT molecular complexity index is 29.4. The summed E-state index contributed by atoms with van der Waals surface area (Å²) in [5, 5.41) is 0. The van der Waals surface area contributed by atoms with E-state index in [1.165, 1.54) is 0 Å². The molecule has 1 heteroatoms. The molecule has 8 heavy (non-hydrogen) atoms. The van der Waals surface area contributed by atoms with E-state index >= 15 is 0 Å². The van der Waals surface area contributed by atoms with Gasteiger partial charge in [0.15, 0.2) is 0 Å². The molecule has 0 saturated carbocycles. The van der Waals surface area contributed by atoms with Crippen molar-refractivity contribution in [2.24, 2.45) is 0 Å². The van der Waals surface area contributed by atoms with Crippen LogP contribution < -0.4 is 0 Å². The zero-order valence-corrected chi connectivity index (χ0v) is 5.81. The van der Waals surface area contributed by atoms with Crippen molar-refractivity contribution in [1.82, 2.24) is 0 Å². The summed E-state index contributed by atoms with van der Waals surface area (Å²) in [6.07, 6.45) is 4.37. The van der Waals surface area contributed by atoms with Crippen LogP contribution in [0.25, 0.3) is 0 Å². The van der Waals surface area contributed by atoms with E-state index in [0.29, 0.717) is 0 Å². The Hall–Kier alpha value is -0.0400. The molecule has 0 aliphatic carbocycles. The van der Waals surface area contributed by atoms with Gasteiger partial charge in [-0.15, -0.1) is 0 Å². The first kappa shape index (κ1) is 7.96. The zero-order chi connectivity index (χ0) is 6.24. The Morgan fingerprint density at radius 2 is 2.12 bits per heavy atom. The molecular weight excluding hydrogens is 100 g/mol. The molecule has 0 N–H and O–H groups in total. The van der Waals surface area contributed by atoms with E-state index < -0.39 is 0 Å². The third kappa shape index (κ3) is 5.96. The lowest BCUT2D eigenvalue weighted by atomic mass is 10.4. The van der Waals surface area contributed by atoms with Crippen LogP contribution in [-0.2, 0) is 4.74 Å². The molecule has 1 nitrogen and oxygen atoms in total. The standard InChI is InChI=1S/C7H15O/c1-3-5-7-8-6-4-2/h5H,3-4,6-7H2,1-2H3. The van der Waals surface area contributed by atoms with Gasteiger partial charge < -0.3 is 4.74 Å². The summed E-state index contributed by atoms with van der Waals surface area (Å²) in [6, 6.07) is 0. The molecule has 0 bridgehead atoms. The fourth-order valence-corrected chi connectivity index (χ4v) is 0.429. The van der Waals surface area contributed by atoms with E-state index in [1.807, 2.05) is 0 Å². The first-order valence-electron chi connectivity index (χ1n) is 3.31. The fourth-order valence-electron chi connectivity index (χ4n) is 0.429. The quantitative estimate of drug-likeness (QED) is 0.498. The van der Waals surface area contributed by atoms with Gasteiger partial charge in [0.1, 0.15) is 0 Å². The van der Waals surface area contributed by atoms with Crippen molar-refractivity contribution in [3.63, 3.8) is 0 Å². The predicted molar refractivity (Wildman–Crippen MR) is 35.7 cm³/mol. The monoisotopic (exact) mass is 115 g/mol. The smallest absolute Gasteiger partial charge is 0.0497 e. The SMILES string of the molecule is CC[CH]COCCC. The van der Waals surface area contributed by atoms with Crippen molar-refractivity contribution < 1.29 is 4.74 Å². The minimum atomic E-state index is 0.824. The summed E-state index contributed by atoms with van der Waals surface area (Å²) in [6.45, 7) is 5.96. The normalized spacial score (nSPS) is 9.75. The van der Waals surface area contributed by atoms with Gasteiger partial charge >= 0.3 is 0 Å². The highest BCUT2D eigenvalue weighted by Crippen LogP contribution is 1.86. The molecule has 0 aromatic rings. The maximum absolute atomic E-state index is 5.17. The maximum Gasteiger partial charge on any atom is 0.0497 e. The molecular formula is C7H15O. The van der Waals surface area contributed by atoms with Gasteiger partial charge in [-0.25, -0.2) is 0 Å². The van der Waals surface area contributed by atoms with Crippen LogP contribution in [0.5, 0.6) is 0 Å². The molecule has 0 aromatic heterocycles. The molecule has 0 aliphatic heterocycles. The van der Waals surface area contributed by atoms with E-state index in [2.05, 4.69) is 20.3 Å². The number of hydrogen-bond donors (Lipinski definition) is 0. The third-order valence-electron chi connectivity index (χ3n) is 0.873. The van der Waals surface area contributed by atoms with Crippen molar-refractivity contribution in [2.75, 3.05) is 13.2 Å². The average Bonchev–Trinajstić information content (AvgIpc) is 1.81. The lowest BCUT2D eigenvalue weighted by Crippen LogP contribution is -1.94. The minimum absolute atomic E-state index is 0.824. The van der Waals surface area contributed by atoms with Crippen molar-refractivity contribution in [3.8, 4) is 0 Å². The van der Waals surface area contributed by atoms with Crippen molar-refractivity contribution in [2.45, 2.75) is 26.7 Å². The van der Waals surface area contributed by atoms with Gasteiger partial charge in [-0.3, -0.25) is 0 Å². The largest absolute Gasteiger partial charge is 0.381 e. The average molecular weight is 115 g/mol. The highest BCUT2D eigenvalue weighted by atomic mass is 16.5. The number of rotatable bonds is 5. The van der Waals surface area contributed by atoms with Gasteiger partial charge in [0, 0.05) is 13.2 Å². The first-order valence-corrected chi connectivity index (χ1v) is 3.31. The highest BCUT2D eigenvalue weighted by Gasteiger charge is 1.82. The lowest BCUT2D eigenvalue weighted by Gasteiger charge is -1.97. The van der Waals surface area contributed by atoms with E-state index in [1.54, 1.807) is 0 Å². The third-order valence-corrected chi connectivity index (χ3v) is 0.873. The van der Waals surface area contributed by atoms with Crippen molar-refractivity contribution in [1.29, 1.82) is 0 Å². The summed E-state index contributed by atoms with van der Waals surface area (Å²) in [5.74, 6) is 0. The summed E-state index contributed by atoms with van der Waals surface area (Å²) in [5.41, 5.74) is 0. The molecule has 0 rings (SSSR count). The van der Waals surface area contributed by atoms with Crippen molar-refractivity contribution in [3.05, 3.63) is 6.42 Å². The molecule has 0 unspecified atom stereocenters. The second-order valence-corrected chi connectivity index (χ2v) is 1.77. The second kappa shape index (κ2) is 6.96. The summed E-state index contributed by atoms with van der Waals surface area (Å²) in [4.78, 5) is 0. The first-order chi connectivity index (χ1) is 3.91. The van der Waals surface area contributed by atoms with Gasteiger partial charge in [0.2, 0.25) is 0 Å². The predicted octanol–water partition coefficient (Wildman–Crippen LogP) is 2.03. The van der Waals surface area contributed by atoms with Gasteiger partial charge in [0.05, 0.1) is 0 Å². The molecule has 0 spiro atoms. The van der Waals surface area contributed by atoms with Crippen LogP contribution in [0.15, 0.2) is 0 Å². The van der Waals surface area contributed by atoms with Crippen LogP contribution in [-0.4, -0.2) is 13.2 Å². The summed E-state index contributed by atoms with van der Waals surface area (Å²) in [7, 11) is 0. The van der Waals surface area contributed by atoms with Crippen LogP contribution >= 0.6 is 0 Å². The van der Waals surface area contributed by atoms with Crippen LogP contribution in [0.4, 0.5) is 0 Å². The van der Waals surface area contributed by atoms with E-state index in [4.69, 9.17) is 4.74 Å². The highest BCUT2D eigenvalue weighted by molar-refractivity contribution is 4.57. The van der Waals surface area contributed by atoms with Crippen LogP contribution in [0.3, 0.4) is 0 Å². The molecule has 0 fully saturated rings. The van der Waals surface area contributed by atoms with E-state index in [9.17, 15) is 0 Å². The Labute approximate surface area is 52.0 Å². The number of unbranched alkanes of at least 4 members (excludes halogenated alkanes) is 1. The molecule has 0 aliphatic rings. The maximum atomic E-state index is 5.17. The summed E-state index contributed by atoms with van der Waals surface area (Å²) >= 11 is 0. The Balaban J connectivity index is 2.53. The van der Waals surface area contributed by atoms with Gasteiger partial charge in [-0.05, 0) is 12.8 Å². The Kier molecular flexibility index (Phi) is 6.93. The molecule has 0 amide bonds. The number of ether oxygens (including phenoxy) is 1. The van der Waals surface area contributed by atoms with Crippen LogP contribution in [0.1, 0.15) is 26.7 Å². The second-order valence-electron chi connectivity index (χ2n) is 1.77. The Morgan fingerprint density at radius 1 is 1.38 bits per heavy atom. The van der Waals surface area contributed by atoms with Gasteiger partial charge in [-0.1, -0.05) is 20.3 Å². The lowest BCUT2D eigenvalue weighted by molar-refractivity contribution is 0.153. The Morgan fingerprint density at radius 3 is 2.62 bits per heavy atom. The van der Waals surface area contributed by atoms with Crippen LogP contribution in [0.2, 0.25) is 0 Å². The molecule has 1 radical (unpaired) electrons. The molecule has 0 aromatic carbocycles. The van der Waals surface area contributed by atoms with Gasteiger partial charge in [0.25, 0.3) is 0 Å². The molecule has 0 saturated heterocycles. The van der Waals surface area contributed by atoms with E-state index in [-0.39, 0.29) is 0 Å². The molecule has 0 atom stereocenters. The van der Waals surface area contributed by atoms with Crippen molar-refractivity contribution >= 4 is 0 Å². The molecule has 0 heterocycles. The van der Waals surface area contributed by atoms with Gasteiger partial charge in [-0.2, -0.15) is 0 Å². The van der Waals surface area contributed by atoms with Crippen LogP contribution in [0, 0.1) is 6.42 Å². The van der Waals surface area contributed by atoms with E-state index in [0.717, 1.165) is 26.1 Å². The fraction of sp³-hybridized carbons (Fsp3) is 0.857. The molecule has 49 valence electrons. The summed E-state index contributed by atoms with van der Waals surface area (Å²) < 4.78 is 5.17. The topological polar surface area (TPSA) is 9.23 Å². The minimum Gasteiger partial charge on any atom is -0.381 e. The number of hydrogen-bond acceptors (Lipinski definition) is 1.